The molecule has 0 saturated carbocycles. The number of carbonyl (C=O) groups excluding carboxylic acids is 1. The van der Waals surface area contributed by atoms with Crippen molar-refractivity contribution in [2.75, 3.05) is 0 Å². The molecule has 1 nitrogen and oxygen atoms in total. The monoisotopic (exact) mass is 232 g/mol. The van der Waals surface area contributed by atoms with Crippen LogP contribution in [0.2, 0.25) is 0 Å². The van der Waals surface area contributed by atoms with E-state index in [0.29, 0.717) is 0 Å². The average Bonchev–Trinajstić information content (AvgIpc) is 2.12. The molecule has 0 N–H and O–H groups in total. The van der Waals surface area contributed by atoms with E-state index in [1.54, 1.807) is 0 Å². The van der Waals surface area contributed by atoms with Crippen LogP contribution >= 0.6 is 0 Å². The van der Waals surface area contributed by atoms with E-state index in [0.717, 1.165) is 5.56 Å². The van der Waals surface area contributed by atoms with E-state index in [1.165, 1.54) is 11.1 Å². The largest absolute Gasteiger partial charge is 0.294 e. The van der Waals surface area contributed by atoms with Gasteiger partial charge in [0, 0.05) is 11.0 Å². The predicted octanol–water partition coefficient (Wildman–Crippen LogP) is 4.52. The van der Waals surface area contributed by atoms with Crippen molar-refractivity contribution in [1.82, 2.24) is 0 Å². The SMILES string of the molecule is Cc1cc(C(=O)C(C)(C)C)ccc1C(C)(C)C. The van der Waals surface area contributed by atoms with E-state index >= 15 is 0 Å². The molecule has 0 aliphatic carbocycles. The molecule has 0 saturated heterocycles. The molecule has 0 bridgehead atoms. The first-order chi connectivity index (χ1) is 7.53. The van der Waals surface area contributed by atoms with E-state index in [4.69, 9.17) is 0 Å². The first-order valence-electron chi connectivity index (χ1n) is 6.19. The summed E-state index contributed by atoms with van der Waals surface area (Å²) in [6.45, 7) is 14.6. The minimum absolute atomic E-state index is 0.132. The highest BCUT2D eigenvalue weighted by molar-refractivity contribution is 6.00. The van der Waals surface area contributed by atoms with Gasteiger partial charge in [0.25, 0.3) is 0 Å². The number of hydrogen-bond acceptors (Lipinski definition) is 1. The molecule has 0 amide bonds. The molecule has 0 aliphatic heterocycles. The van der Waals surface area contributed by atoms with Gasteiger partial charge in [-0.2, -0.15) is 0 Å². The van der Waals surface area contributed by atoms with Gasteiger partial charge in [-0.3, -0.25) is 4.79 Å². The summed E-state index contributed by atoms with van der Waals surface area (Å²) in [5.41, 5.74) is 3.15. The Kier molecular flexibility index (Phi) is 3.52. The lowest BCUT2D eigenvalue weighted by Gasteiger charge is -2.23. The number of Topliss-reactive ketones (excluding diaryl/α,β-unsaturated/α-hetero) is 1. The Morgan fingerprint density at radius 1 is 1.00 bits per heavy atom. The molecule has 1 aromatic carbocycles. The van der Waals surface area contributed by atoms with Crippen LogP contribution in [0.15, 0.2) is 18.2 Å². The fourth-order valence-electron chi connectivity index (χ4n) is 2.08. The molecule has 0 radical (unpaired) electrons. The molecule has 1 aromatic rings. The minimum Gasteiger partial charge on any atom is -0.294 e. The Labute approximate surface area is 105 Å². The lowest BCUT2D eigenvalue weighted by atomic mass is 9.81. The number of aryl methyl sites for hydroxylation is 1. The molecule has 0 aliphatic rings. The van der Waals surface area contributed by atoms with Crippen LogP contribution in [0.4, 0.5) is 0 Å². The zero-order chi connectivity index (χ0) is 13.4. The summed E-state index contributed by atoms with van der Waals surface area (Å²) in [5, 5.41) is 0. The van der Waals surface area contributed by atoms with Crippen molar-refractivity contribution in [2.24, 2.45) is 5.41 Å². The van der Waals surface area contributed by atoms with Crippen molar-refractivity contribution in [3.05, 3.63) is 34.9 Å². The summed E-state index contributed by atoms with van der Waals surface area (Å²) in [5.74, 6) is 0.209. The molecular weight excluding hydrogens is 208 g/mol. The van der Waals surface area contributed by atoms with Gasteiger partial charge in [-0.05, 0) is 29.5 Å². The molecule has 0 unspecified atom stereocenters. The summed E-state index contributed by atoms with van der Waals surface area (Å²) < 4.78 is 0. The van der Waals surface area contributed by atoms with Crippen LogP contribution in [0.1, 0.15) is 63.0 Å². The third-order valence-electron chi connectivity index (χ3n) is 2.98. The van der Waals surface area contributed by atoms with Gasteiger partial charge >= 0.3 is 0 Å². The fourth-order valence-corrected chi connectivity index (χ4v) is 2.08. The molecule has 1 heteroatoms. The van der Waals surface area contributed by atoms with Gasteiger partial charge in [-0.15, -0.1) is 0 Å². The van der Waals surface area contributed by atoms with Crippen LogP contribution in [0.3, 0.4) is 0 Å². The molecule has 17 heavy (non-hydrogen) atoms. The van der Waals surface area contributed by atoms with Crippen molar-refractivity contribution in [2.45, 2.75) is 53.9 Å². The highest BCUT2D eigenvalue weighted by Crippen LogP contribution is 2.28. The van der Waals surface area contributed by atoms with Crippen molar-refractivity contribution in [3.63, 3.8) is 0 Å². The van der Waals surface area contributed by atoms with Crippen molar-refractivity contribution in [1.29, 1.82) is 0 Å². The van der Waals surface area contributed by atoms with Gasteiger partial charge in [0.1, 0.15) is 0 Å². The molecule has 0 spiro atoms. The van der Waals surface area contributed by atoms with E-state index in [9.17, 15) is 4.79 Å². The third-order valence-corrected chi connectivity index (χ3v) is 2.98. The van der Waals surface area contributed by atoms with E-state index in [-0.39, 0.29) is 16.6 Å². The topological polar surface area (TPSA) is 17.1 Å². The van der Waals surface area contributed by atoms with Gasteiger partial charge in [-0.25, -0.2) is 0 Å². The quantitative estimate of drug-likeness (QED) is 0.650. The van der Waals surface area contributed by atoms with Crippen molar-refractivity contribution in [3.8, 4) is 0 Å². The summed E-state index contributed by atoms with van der Waals surface area (Å²) in [6, 6.07) is 6.07. The maximum absolute atomic E-state index is 12.2. The summed E-state index contributed by atoms with van der Waals surface area (Å²) >= 11 is 0. The van der Waals surface area contributed by atoms with E-state index < -0.39 is 0 Å². The van der Waals surface area contributed by atoms with Crippen LogP contribution in [0.5, 0.6) is 0 Å². The highest BCUT2D eigenvalue weighted by Gasteiger charge is 2.24. The number of ketones is 1. The lowest BCUT2D eigenvalue weighted by molar-refractivity contribution is 0.0858. The Morgan fingerprint density at radius 3 is 1.88 bits per heavy atom. The summed E-state index contributed by atoms with van der Waals surface area (Å²) in [7, 11) is 0. The minimum atomic E-state index is -0.310. The second-order valence-corrected chi connectivity index (χ2v) is 6.86. The lowest BCUT2D eigenvalue weighted by Crippen LogP contribution is -2.21. The van der Waals surface area contributed by atoms with Gasteiger partial charge in [-0.1, -0.05) is 53.7 Å². The smallest absolute Gasteiger partial charge is 0.168 e. The molecule has 0 fully saturated rings. The maximum atomic E-state index is 12.2. The summed E-state index contributed by atoms with van der Waals surface area (Å²) in [6.07, 6.45) is 0. The van der Waals surface area contributed by atoms with Crippen LogP contribution < -0.4 is 0 Å². The molecule has 94 valence electrons. The third kappa shape index (κ3) is 3.18. The second-order valence-electron chi connectivity index (χ2n) is 6.86. The number of benzene rings is 1. The maximum Gasteiger partial charge on any atom is 0.168 e. The summed E-state index contributed by atoms with van der Waals surface area (Å²) in [4.78, 5) is 12.2. The van der Waals surface area contributed by atoms with Gasteiger partial charge in [0.15, 0.2) is 5.78 Å². The van der Waals surface area contributed by atoms with Gasteiger partial charge in [0.05, 0.1) is 0 Å². The zero-order valence-corrected chi connectivity index (χ0v) is 12.1. The first-order valence-corrected chi connectivity index (χ1v) is 6.19. The van der Waals surface area contributed by atoms with Crippen molar-refractivity contribution >= 4 is 5.78 Å². The predicted molar refractivity (Wildman–Crippen MR) is 73.7 cm³/mol. The highest BCUT2D eigenvalue weighted by atomic mass is 16.1. The van der Waals surface area contributed by atoms with Crippen molar-refractivity contribution < 1.29 is 4.79 Å². The second kappa shape index (κ2) is 4.29. The fraction of sp³-hybridized carbons (Fsp3) is 0.562. The first kappa shape index (κ1) is 14.0. The molecule has 0 aromatic heterocycles. The normalized spacial score (nSPS) is 12.6. The Balaban J connectivity index is 3.19. The Bertz CT molecular complexity index is 428. The molecule has 1 rings (SSSR count). The molecule has 0 heterocycles. The molecular formula is C16H24O. The number of carbonyl (C=O) groups is 1. The van der Waals surface area contributed by atoms with Crippen LogP contribution in [0, 0.1) is 12.3 Å². The Morgan fingerprint density at radius 2 is 1.53 bits per heavy atom. The van der Waals surface area contributed by atoms with E-state index in [1.807, 2.05) is 32.9 Å². The zero-order valence-electron chi connectivity index (χ0n) is 12.1. The number of rotatable bonds is 1. The number of hydrogen-bond donors (Lipinski definition) is 0. The van der Waals surface area contributed by atoms with Crippen LogP contribution in [0.25, 0.3) is 0 Å². The standard InChI is InChI=1S/C16H24O/c1-11-10-12(14(17)16(5,6)7)8-9-13(11)15(2,3)4/h8-10H,1-7H3. The van der Waals surface area contributed by atoms with E-state index in [2.05, 4.69) is 33.8 Å². The van der Waals surface area contributed by atoms with Crippen LogP contribution in [-0.2, 0) is 5.41 Å². The molecule has 0 atom stereocenters. The average molecular weight is 232 g/mol. The van der Waals surface area contributed by atoms with Gasteiger partial charge in [0.2, 0.25) is 0 Å². The van der Waals surface area contributed by atoms with Crippen LogP contribution in [-0.4, -0.2) is 5.78 Å². The Hall–Kier alpha value is -1.11. The van der Waals surface area contributed by atoms with Gasteiger partial charge < -0.3 is 0 Å².